The van der Waals surface area contributed by atoms with Crippen LogP contribution in [0.3, 0.4) is 0 Å². The van der Waals surface area contributed by atoms with E-state index in [9.17, 15) is 19.4 Å². The summed E-state index contributed by atoms with van der Waals surface area (Å²) < 4.78 is 11.9. The number of benzene rings is 2. The zero-order chi connectivity index (χ0) is 27.0. The highest BCUT2D eigenvalue weighted by Gasteiger charge is 2.54. The Morgan fingerprint density at radius 3 is 2.49 bits per heavy atom. The van der Waals surface area contributed by atoms with Gasteiger partial charge < -0.3 is 24.6 Å². The summed E-state index contributed by atoms with van der Waals surface area (Å²) in [7, 11) is -2.35. The number of amides is 4. The third-order valence-corrected chi connectivity index (χ3v) is 8.66. The molecule has 0 unspecified atom stereocenters. The molecule has 12 heteroatoms. The maximum Gasteiger partial charge on any atom is 0.519 e. The molecule has 0 aromatic heterocycles. The van der Waals surface area contributed by atoms with E-state index in [0.29, 0.717) is 23.5 Å². The van der Waals surface area contributed by atoms with Crippen molar-refractivity contribution in [2.24, 2.45) is 0 Å². The summed E-state index contributed by atoms with van der Waals surface area (Å²) in [6, 6.07) is 12.5. The number of urea groups is 1. The number of ether oxygens (including phenoxy) is 1. The molecule has 2 heterocycles. The molecule has 2 aliphatic rings. The Morgan fingerprint density at radius 1 is 1.14 bits per heavy atom. The number of carbonyl (C=O) groups excluding carboxylic acids is 3. The molecular weight excluding hydrogens is 557 g/mol. The first-order chi connectivity index (χ1) is 17.4. The van der Waals surface area contributed by atoms with Crippen molar-refractivity contribution in [2.45, 2.75) is 44.6 Å². The Kier molecular flexibility index (Phi) is 7.84. The minimum atomic E-state index is -1.46. The number of imide groups is 1. The quantitative estimate of drug-likeness (QED) is 0.249. The van der Waals surface area contributed by atoms with Crippen molar-refractivity contribution in [3.05, 3.63) is 63.6 Å². The van der Waals surface area contributed by atoms with Gasteiger partial charge in [-0.3, -0.25) is 9.59 Å². The summed E-state index contributed by atoms with van der Waals surface area (Å²) in [5.74, 6) is -0.373. The second-order valence-electron chi connectivity index (χ2n) is 10.6. The minimum absolute atomic E-state index is 0.0509. The largest absolute Gasteiger partial charge is 0.536 e. The van der Waals surface area contributed by atoms with Gasteiger partial charge in [-0.25, -0.2) is 9.69 Å². The molecule has 37 heavy (non-hydrogen) atoms. The average Bonchev–Trinajstić information content (AvgIpc) is 3.24. The molecule has 2 aromatic carbocycles. The first kappa shape index (κ1) is 27.4. The van der Waals surface area contributed by atoms with E-state index in [2.05, 4.69) is 40.9 Å². The molecule has 0 bridgehead atoms. The molecule has 9 nitrogen and oxygen atoms in total. The molecule has 1 atom stereocenters. The maximum atomic E-state index is 13.8. The predicted octanol–water partition coefficient (Wildman–Crippen LogP) is 3.65. The number of halogens is 1. The van der Waals surface area contributed by atoms with Gasteiger partial charge in [0, 0.05) is 31.3 Å². The lowest BCUT2D eigenvalue weighted by Crippen LogP contribution is -2.53. The number of hydrogen-bond acceptors (Lipinski definition) is 6. The van der Waals surface area contributed by atoms with Gasteiger partial charge in [-0.1, -0.05) is 53.8 Å². The van der Waals surface area contributed by atoms with E-state index >= 15 is 0 Å². The Hall–Kier alpha value is -2.67. The van der Waals surface area contributed by atoms with E-state index in [-0.39, 0.29) is 25.7 Å². The Morgan fingerprint density at radius 2 is 1.84 bits per heavy atom. The molecule has 4 amide bonds. The number of fused-ring (bicyclic) bond motifs is 1. The molecule has 2 aromatic rings. The minimum Gasteiger partial charge on any atom is -0.536 e. The SMILES string of the molecule is CB(O)Oc1ccc2c(c1)C(=O)N(C[C@@]1(c3ccc(Br)cc3)NC(=O)N(COCC[Si](C)(C)C)C1=O)C2. The van der Waals surface area contributed by atoms with Crippen molar-refractivity contribution in [3.8, 4) is 5.75 Å². The zero-order valence-electron chi connectivity index (χ0n) is 21.4. The number of rotatable bonds is 10. The van der Waals surface area contributed by atoms with Crippen LogP contribution in [-0.4, -0.2) is 67.7 Å². The lowest BCUT2D eigenvalue weighted by molar-refractivity contribution is -0.135. The van der Waals surface area contributed by atoms with E-state index in [1.165, 1.54) is 6.82 Å². The van der Waals surface area contributed by atoms with Crippen molar-refractivity contribution < 1.29 is 28.8 Å². The Balaban J connectivity index is 1.59. The lowest BCUT2D eigenvalue weighted by Gasteiger charge is -2.32. The van der Waals surface area contributed by atoms with Gasteiger partial charge in [0.05, 0.1) is 6.54 Å². The normalized spacial score (nSPS) is 19.4. The molecule has 2 aliphatic heterocycles. The standard InChI is InChI=1S/C25H31BBrN3O6Si/c1-26(34)36-20-10-5-17-14-29(22(31)21(17)13-20)15-25(18-6-8-19(27)9-7-18)23(32)30(24(33)28-25)16-35-11-12-37(2,3)4/h5-10,13,34H,11-12,14-16H2,1-4H3,(H,28,33)/t25-/m0/s1. The van der Waals surface area contributed by atoms with Crippen LogP contribution in [0, 0.1) is 0 Å². The van der Waals surface area contributed by atoms with Gasteiger partial charge in [0.25, 0.3) is 11.8 Å². The molecule has 0 aliphatic carbocycles. The molecule has 4 rings (SSSR count). The highest BCUT2D eigenvalue weighted by atomic mass is 79.9. The van der Waals surface area contributed by atoms with E-state index in [4.69, 9.17) is 9.39 Å². The van der Waals surface area contributed by atoms with E-state index in [0.717, 1.165) is 21.0 Å². The highest BCUT2D eigenvalue weighted by molar-refractivity contribution is 9.10. The fourth-order valence-corrected chi connectivity index (χ4v) is 5.45. The molecule has 1 saturated heterocycles. The fourth-order valence-electron chi connectivity index (χ4n) is 4.43. The predicted molar refractivity (Wildman–Crippen MR) is 146 cm³/mol. The first-order valence-corrected chi connectivity index (χ1v) is 16.6. The zero-order valence-corrected chi connectivity index (χ0v) is 24.0. The molecule has 0 radical (unpaired) electrons. The lowest BCUT2D eigenvalue weighted by atomic mass is 9.89. The monoisotopic (exact) mass is 587 g/mol. The summed E-state index contributed by atoms with van der Waals surface area (Å²) in [5, 5.41) is 12.4. The number of nitrogens with one attached hydrogen (secondary N) is 1. The van der Waals surface area contributed by atoms with Gasteiger partial charge >= 0.3 is 13.1 Å². The average molecular weight is 588 g/mol. The maximum absolute atomic E-state index is 13.8. The molecule has 1 fully saturated rings. The third kappa shape index (κ3) is 5.92. The number of hydrogen-bond donors (Lipinski definition) is 2. The van der Waals surface area contributed by atoms with Crippen LogP contribution >= 0.6 is 15.9 Å². The summed E-state index contributed by atoms with van der Waals surface area (Å²) in [5.41, 5.74) is 0.321. The third-order valence-electron chi connectivity index (χ3n) is 6.42. The van der Waals surface area contributed by atoms with Crippen LogP contribution in [-0.2, 0) is 21.6 Å². The van der Waals surface area contributed by atoms with Crippen LogP contribution in [0.1, 0.15) is 21.5 Å². The second kappa shape index (κ2) is 10.6. The van der Waals surface area contributed by atoms with E-state index < -0.39 is 32.7 Å². The summed E-state index contributed by atoms with van der Waals surface area (Å²) >= 11 is 3.42. The topological polar surface area (TPSA) is 108 Å². The van der Waals surface area contributed by atoms with Crippen LogP contribution in [0.25, 0.3) is 0 Å². The van der Waals surface area contributed by atoms with Gasteiger partial charge in [-0.05, 0) is 48.3 Å². The van der Waals surface area contributed by atoms with Crippen molar-refractivity contribution in [3.63, 3.8) is 0 Å². The van der Waals surface area contributed by atoms with E-state index in [1.54, 1.807) is 47.4 Å². The van der Waals surface area contributed by atoms with Gasteiger partial charge in [0.2, 0.25) is 0 Å². The molecule has 0 spiro atoms. The van der Waals surface area contributed by atoms with Crippen LogP contribution in [0.4, 0.5) is 4.79 Å². The van der Waals surface area contributed by atoms with Crippen molar-refractivity contribution in [1.82, 2.24) is 15.1 Å². The second-order valence-corrected chi connectivity index (χ2v) is 17.2. The summed E-state index contributed by atoms with van der Waals surface area (Å²) in [6.45, 7) is 8.71. The van der Waals surface area contributed by atoms with Gasteiger partial charge in [-0.15, -0.1) is 0 Å². The fraction of sp³-hybridized carbons (Fsp3) is 0.400. The highest BCUT2D eigenvalue weighted by Crippen LogP contribution is 2.35. The van der Waals surface area contributed by atoms with Crippen molar-refractivity contribution in [1.29, 1.82) is 0 Å². The molecule has 196 valence electrons. The summed E-state index contributed by atoms with van der Waals surface area (Å²) in [4.78, 5) is 42.8. The van der Waals surface area contributed by atoms with Gasteiger partial charge in [0.15, 0.2) is 5.54 Å². The number of nitrogens with zero attached hydrogens (tertiary/aromatic N) is 2. The number of carbonyl (C=O) groups is 3. The Labute approximate surface area is 226 Å². The van der Waals surface area contributed by atoms with Gasteiger partial charge in [0.1, 0.15) is 12.5 Å². The van der Waals surface area contributed by atoms with Crippen molar-refractivity contribution in [2.75, 3.05) is 19.9 Å². The smallest absolute Gasteiger partial charge is 0.519 e. The van der Waals surface area contributed by atoms with Crippen molar-refractivity contribution >= 4 is 49.0 Å². The molecular formula is C25H31BBrN3O6Si. The van der Waals surface area contributed by atoms with Crippen LogP contribution < -0.4 is 9.97 Å². The summed E-state index contributed by atoms with van der Waals surface area (Å²) in [6.07, 6.45) is 0. The van der Waals surface area contributed by atoms with Gasteiger partial charge in [-0.2, -0.15) is 0 Å². The van der Waals surface area contributed by atoms with Crippen LogP contribution in [0.2, 0.25) is 32.5 Å². The van der Waals surface area contributed by atoms with Crippen LogP contribution in [0.5, 0.6) is 5.75 Å². The first-order valence-electron chi connectivity index (χ1n) is 12.1. The van der Waals surface area contributed by atoms with E-state index in [1.807, 2.05) is 0 Å². The Bertz CT molecular complexity index is 1210. The molecule has 2 N–H and O–H groups in total. The molecule has 0 saturated carbocycles. The van der Waals surface area contributed by atoms with Crippen LogP contribution in [0.15, 0.2) is 46.9 Å².